The van der Waals surface area contributed by atoms with E-state index in [0.717, 1.165) is 13.1 Å². The van der Waals surface area contributed by atoms with Crippen molar-refractivity contribution in [2.24, 2.45) is 0 Å². The molecular weight excluding hydrogens is 280 g/mol. The van der Waals surface area contributed by atoms with E-state index in [4.69, 9.17) is 9.52 Å². The van der Waals surface area contributed by atoms with Gasteiger partial charge in [-0.3, -0.25) is 4.90 Å². The van der Waals surface area contributed by atoms with Crippen LogP contribution in [0.15, 0.2) is 15.4 Å². The Morgan fingerprint density at radius 1 is 1.30 bits per heavy atom. The highest BCUT2D eigenvalue weighted by Gasteiger charge is 2.31. The Morgan fingerprint density at radius 2 is 1.90 bits per heavy atom. The highest BCUT2D eigenvalue weighted by atomic mass is 32.2. The number of nitrogens with zero attached hydrogens (tertiary/aromatic N) is 2. The first-order chi connectivity index (χ1) is 9.36. The van der Waals surface area contributed by atoms with Gasteiger partial charge in [0.05, 0.1) is 0 Å². The van der Waals surface area contributed by atoms with Crippen molar-refractivity contribution in [2.45, 2.75) is 38.3 Å². The molecule has 2 heterocycles. The molecule has 1 aliphatic rings. The van der Waals surface area contributed by atoms with Crippen molar-refractivity contribution < 1.29 is 17.9 Å². The van der Waals surface area contributed by atoms with Crippen molar-refractivity contribution in [1.82, 2.24) is 9.21 Å². The molecule has 0 atom stereocenters. The SMILES string of the molecule is Cc1oc(CO)cc1S(=O)(=O)N1CCN(C(C)C)CC1. The Kier molecular flexibility index (Phi) is 4.53. The number of aryl methyl sites for hydroxylation is 1. The van der Waals surface area contributed by atoms with Crippen molar-refractivity contribution in [2.75, 3.05) is 26.2 Å². The lowest BCUT2D eigenvalue weighted by Crippen LogP contribution is -2.50. The maximum absolute atomic E-state index is 12.6. The van der Waals surface area contributed by atoms with Crippen LogP contribution >= 0.6 is 0 Å². The van der Waals surface area contributed by atoms with Crippen LogP contribution in [-0.4, -0.2) is 55.0 Å². The molecule has 0 amide bonds. The number of furan rings is 1. The Morgan fingerprint density at radius 3 is 2.35 bits per heavy atom. The Bertz CT molecular complexity index is 557. The third kappa shape index (κ3) is 2.90. The molecule has 20 heavy (non-hydrogen) atoms. The summed E-state index contributed by atoms with van der Waals surface area (Å²) in [5.74, 6) is 0.613. The second-order valence-corrected chi connectivity index (χ2v) is 7.23. The van der Waals surface area contributed by atoms with Gasteiger partial charge >= 0.3 is 0 Å². The number of rotatable bonds is 4. The van der Waals surface area contributed by atoms with Crippen LogP contribution < -0.4 is 0 Å². The molecule has 1 saturated heterocycles. The van der Waals surface area contributed by atoms with E-state index in [9.17, 15) is 8.42 Å². The Balaban J connectivity index is 2.17. The summed E-state index contributed by atoms with van der Waals surface area (Å²) in [5, 5.41) is 9.04. The molecule has 1 aliphatic heterocycles. The van der Waals surface area contributed by atoms with E-state index in [1.54, 1.807) is 6.92 Å². The Labute approximate surface area is 120 Å². The van der Waals surface area contributed by atoms with Crippen LogP contribution in [0, 0.1) is 6.92 Å². The van der Waals surface area contributed by atoms with E-state index in [2.05, 4.69) is 18.7 Å². The zero-order chi connectivity index (χ0) is 14.9. The molecule has 1 fully saturated rings. The maximum Gasteiger partial charge on any atom is 0.246 e. The van der Waals surface area contributed by atoms with Crippen LogP contribution in [0.2, 0.25) is 0 Å². The number of hydrogen-bond donors (Lipinski definition) is 1. The van der Waals surface area contributed by atoms with Crippen molar-refractivity contribution in [3.8, 4) is 0 Å². The Hall–Kier alpha value is -0.890. The van der Waals surface area contributed by atoms with Gasteiger partial charge in [-0.2, -0.15) is 4.31 Å². The van der Waals surface area contributed by atoms with Gasteiger partial charge in [-0.25, -0.2) is 8.42 Å². The van der Waals surface area contributed by atoms with Gasteiger partial charge in [0.2, 0.25) is 10.0 Å². The lowest BCUT2D eigenvalue weighted by Gasteiger charge is -2.36. The van der Waals surface area contributed by atoms with Gasteiger partial charge in [-0.1, -0.05) is 0 Å². The smallest absolute Gasteiger partial charge is 0.246 e. The van der Waals surface area contributed by atoms with E-state index in [0.29, 0.717) is 24.9 Å². The lowest BCUT2D eigenvalue weighted by molar-refractivity contribution is 0.154. The third-order valence-corrected chi connectivity index (χ3v) is 5.71. The van der Waals surface area contributed by atoms with Gasteiger partial charge in [-0.15, -0.1) is 0 Å². The van der Waals surface area contributed by atoms with Crippen LogP contribution in [0.25, 0.3) is 0 Å². The summed E-state index contributed by atoms with van der Waals surface area (Å²) in [6, 6.07) is 1.84. The first kappa shape index (κ1) is 15.5. The van der Waals surface area contributed by atoms with Gasteiger partial charge in [0.25, 0.3) is 0 Å². The van der Waals surface area contributed by atoms with Crippen molar-refractivity contribution in [3.63, 3.8) is 0 Å². The number of sulfonamides is 1. The third-order valence-electron chi connectivity index (χ3n) is 3.70. The molecule has 0 radical (unpaired) electrons. The first-order valence-corrected chi connectivity index (χ1v) is 8.24. The molecule has 114 valence electrons. The summed E-state index contributed by atoms with van der Waals surface area (Å²) in [6.45, 7) is 7.98. The van der Waals surface area contributed by atoms with Crippen LogP contribution in [0.3, 0.4) is 0 Å². The van der Waals surface area contributed by atoms with Gasteiger partial charge in [0.1, 0.15) is 23.0 Å². The van der Waals surface area contributed by atoms with Gasteiger partial charge in [0.15, 0.2) is 0 Å². The summed E-state index contributed by atoms with van der Waals surface area (Å²) in [7, 11) is -3.53. The second kappa shape index (κ2) is 5.85. The number of aliphatic hydroxyl groups is 1. The normalized spacial score (nSPS) is 18.9. The first-order valence-electron chi connectivity index (χ1n) is 6.80. The zero-order valence-corrected chi connectivity index (χ0v) is 13.0. The van der Waals surface area contributed by atoms with Crippen LogP contribution in [0.4, 0.5) is 0 Å². The molecule has 0 aliphatic carbocycles. The molecule has 0 saturated carbocycles. The summed E-state index contributed by atoms with van der Waals surface area (Å²) in [5.41, 5.74) is 0. The summed E-state index contributed by atoms with van der Waals surface area (Å²) >= 11 is 0. The average molecular weight is 302 g/mol. The predicted octanol–water partition coefficient (Wildman–Crippen LogP) is 0.795. The molecule has 1 N–H and O–H groups in total. The van der Waals surface area contributed by atoms with Gasteiger partial charge in [0, 0.05) is 38.3 Å². The van der Waals surface area contributed by atoms with E-state index in [-0.39, 0.29) is 17.3 Å². The molecular formula is C13H22N2O4S. The fraction of sp³-hybridized carbons (Fsp3) is 0.692. The molecule has 0 unspecified atom stereocenters. The molecule has 7 heteroatoms. The highest BCUT2D eigenvalue weighted by Crippen LogP contribution is 2.24. The average Bonchev–Trinajstić information content (AvgIpc) is 2.81. The van der Waals surface area contributed by atoms with E-state index < -0.39 is 10.0 Å². The summed E-state index contributed by atoms with van der Waals surface area (Å²) < 4.78 is 31.9. The fourth-order valence-corrected chi connectivity index (χ4v) is 4.07. The van der Waals surface area contributed by atoms with Crippen molar-refractivity contribution in [1.29, 1.82) is 0 Å². The number of piperazine rings is 1. The second-order valence-electron chi connectivity index (χ2n) is 5.33. The van der Waals surface area contributed by atoms with Gasteiger partial charge in [-0.05, 0) is 20.8 Å². The molecule has 1 aromatic rings. The molecule has 2 rings (SSSR count). The van der Waals surface area contributed by atoms with Crippen LogP contribution in [0.1, 0.15) is 25.4 Å². The van der Waals surface area contributed by atoms with E-state index in [1.807, 2.05) is 0 Å². The molecule has 6 nitrogen and oxygen atoms in total. The zero-order valence-electron chi connectivity index (χ0n) is 12.2. The minimum absolute atomic E-state index is 0.166. The quantitative estimate of drug-likeness (QED) is 0.890. The van der Waals surface area contributed by atoms with E-state index in [1.165, 1.54) is 10.4 Å². The van der Waals surface area contributed by atoms with Crippen LogP contribution in [0.5, 0.6) is 0 Å². The summed E-state index contributed by atoms with van der Waals surface area (Å²) in [4.78, 5) is 2.42. The van der Waals surface area contributed by atoms with Gasteiger partial charge < -0.3 is 9.52 Å². The number of hydrogen-bond acceptors (Lipinski definition) is 5. The molecule has 0 spiro atoms. The molecule has 0 aromatic carbocycles. The summed E-state index contributed by atoms with van der Waals surface area (Å²) in [6.07, 6.45) is 0. The molecule has 1 aromatic heterocycles. The van der Waals surface area contributed by atoms with Crippen LogP contribution in [-0.2, 0) is 16.6 Å². The number of aliphatic hydroxyl groups excluding tert-OH is 1. The van der Waals surface area contributed by atoms with Crippen molar-refractivity contribution in [3.05, 3.63) is 17.6 Å². The minimum Gasteiger partial charge on any atom is -0.462 e. The maximum atomic E-state index is 12.6. The lowest BCUT2D eigenvalue weighted by atomic mass is 10.3. The molecule has 0 bridgehead atoms. The monoisotopic (exact) mass is 302 g/mol. The van der Waals surface area contributed by atoms with Crippen molar-refractivity contribution >= 4 is 10.0 Å². The standard InChI is InChI=1S/C13H22N2O4S/c1-10(2)14-4-6-15(7-5-14)20(17,18)13-8-12(9-16)19-11(13)3/h8,10,16H,4-7,9H2,1-3H3. The van der Waals surface area contributed by atoms with E-state index >= 15 is 0 Å². The minimum atomic E-state index is -3.53. The predicted molar refractivity (Wildman–Crippen MR) is 74.8 cm³/mol. The largest absolute Gasteiger partial charge is 0.462 e. The fourth-order valence-electron chi connectivity index (χ4n) is 2.46. The highest BCUT2D eigenvalue weighted by molar-refractivity contribution is 7.89. The topological polar surface area (TPSA) is 74.0 Å².